The van der Waals surface area contributed by atoms with Crippen molar-refractivity contribution in [2.24, 2.45) is 0 Å². The van der Waals surface area contributed by atoms with Crippen LogP contribution in [-0.4, -0.2) is 13.7 Å². The Morgan fingerprint density at radius 3 is 1.24 bits per heavy atom. The second kappa shape index (κ2) is 13.2. The van der Waals surface area contributed by atoms with E-state index in [2.05, 4.69) is 95.6 Å². The Kier molecular flexibility index (Phi) is 7.70. The summed E-state index contributed by atoms with van der Waals surface area (Å²) in [5.41, 5.74) is 10.8. The first-order chi connectivity index (χ1) is 27.1. The second-order valence-electron chi connectivity index (χ2n) is 13.7. The molecule has 260 valence electrons. The van der Waals surface area contributed by atoms with Gasteiger partial charge in [-0.2, -0.15) is 0 Å². The molecule has 0 bridgehead atoms. The predicted octanol–water partition coefficient (Wildman–Crippen LogP) is 11.2. The molecule has 8 aromatic carbocycles. The van der Waals surface area contributed by atoms with E-state index in [0.29, 0.717) is 22.4 Å². The number of fused-ring (bicyclic) bond motifs is 4. The van der Waals surface area contributed by atoms with Crippen molar-refractivity contribution in [1.82, 2.24) is 13.7 Å². The van der Waals surface area contributed by atoms with Crippen molar-refractivity contribution in [1.29, 1.82) is 0 Å². The van der Waals surface area contributed by atoms with Crippen LogP contribution in [0.5, 0.6) is 0 Å². The van der Waals surface area contributed by atoms with E-state index in [0.717, 1.165) is 60.9 Å². The SMILES string of the molecule is O=c1c(=O)n(-c2ccc(-c3ccccc3)cc2)c2cc(-c3ccc4c(c3)c3ccccc3n4-c3ccccc3)ccc2n1-c1ccc(-c2ccccc2)cc1. The molecular formula is C50H33N3O2. The number of aromatic nitrogens is 3. The molecule has 0 atom stereocenters. The summed E-state index contributed by atoms with van der Waals surface area (Å²) < 4.78 is 5.40. The van der Waals surface area contributed by atoms with Gasteiger partial charge in [0.2, 0.25) is 0 Å². The van der Waals surface area contributed by atoms with E-state index in [4.69, 9.17) is 0 Å². The van der Waals surface area contributed by atoms with Crippen LogP contribution < -0.4 is 11.1 Å². The van der Waals surface area contributed by atoms with Gasteiger partial charge in [-0.05, 0) is 100 Å². The number of hydrogen-bond acceptors (Lipinski definition) is 2. The summed E-state index contributed by atoms with van der Waals surface area (Å²) in [5.74, 6) is 0. The number of para-hydroxylation sites is 2. The Bertz CT molecular complexity index is 3140. The summed E-state index contributed by atoms with van der Waals surface area (Å²) in [7, 11) is 0. The minimum absolute atomic E-state index is 0.616. The monoisotopic (exact) mass is 707 g/mol. The Labute approximate surface area is 316 Å². The highest BCUT2D eigenvalue weighted by atomic mass is 16.2. The lowest BCUT2D eigenvalue weighted by molar-refractivity contribution is 0.918. The van der Waals surface area contributed by atoms with Gasteiger partial charge < -0.3 is 4.57 Å². The van der Waals surface area contributed by atoms with Crippen LogP contribution in [-0.2, 0) is 0 Å². The lowest BCUT2D eigenvalue weighted by Crippen LogP contribution is -2.40. The first-order valence-corrected chi connectivity index (χ1v) is 18.3. The maximum atomic E-state index is 14.4. The van der Waals surface area contributed by atoms with Gasteiger partial charge >= 0.3 is 11.1 Å². The average molecular weight is 708 g/mol. The van der Waals surface area contributed by atoms with Gasteiger partial charge in [0.05, 0.1) is 22.1 Å². The van der Waals surface area contributed by atoms with Crippen LogP contribution in [0.4, 0.5) is 0 Å². The molecule has 0 unspecified atom stereocenters. The predicted molar refractivity (Wildman–Crippen MR) is 226 cm³/mol. The van der Waals surface area contributed by atoms with Gasteiger partial charge in [-0.1, -0.05) is 133 Å². The molecule has 0 spiro atoms. The van der Waals surface area contributed by atoms with E-state index in [1.165, 1.54) is 0 Å². The highest BCUT2D eigenvalue weighted by Gasteiger charge is 2.19. The van der Waals surface area contributed by atoms with Crippen LogP contribution in [0, 0.1) is 0 Å². The van der Waals surface area contributed by atoms with Crippen LogP contribution in [0.2, 0.25) is 0 Å². The molecule has 5 heteroatoms. The molecule has 2 aromatic heterocycles. The number of rotatable bonds is 6. The zero-order valence-corrected chi connectivity index (χ0v) is 29.7. The summed E-state index contributed by atoms with van der Waals surface area (Å²) in [6.45, 7) is 0. The van der Waals surface area contributed by atoms with Crippen LogP contribution in [0.3, 0.4) is 0 Å². The van der Waals surface area contributed by atoms with Gasteiger partial charge in [0.1, 0.15) is 0 Å². The van der Waals surface area contributed by atoms with Crippen molar-refractivity contribution in [3.63, 3.8) is 0 Å². The molecule has 2 heterocycles. The first kappa shape index (κ1) is 32.2. The average Bonchev–Trinajstić information content (AvgIpc) is 3.59. The fourth-order valence-corrected chi connectivity index (χ4v) is 7.87. The van der Waals surface area contributed by atoms with Crippen LogP contribution in [0.15, 0.2) is 210 Å². The first-order valence-electron chi connectivity index (χ1n) is 18.3. The van der Waals surface area contributed by atoms with Crippen molar-refractivity contribution in [2.45, 2.75) is 0 Å². The second-order valence-corrected chi connectivity index (χ2v) is 13.7. The van der Waals surface area contributed by atoms with E-state index < -0.39 is 11.1 Å². The van der Waals surface area contributed by atoms with Crippen LogP contribution >= 0.6 is 0 Å². The van der Waals surface area contributed by atoms with Crippen molar-refractivity contribution in [3.05, 3.63) is 221 Å². The number of hydrogen-bond donors (Lipinski definition) is 0. The van der Waals surface area contributed by atoms with Crippen molar-refractivity contribution >= 4 is 32.8 Å². The lowest BCUT2D eigenvalue weighted by Gasteiger charge is -2.17. The van der Waals surface area contributed by atoms with Crippen molar-refractivity contribution in [3.8, 4) is 50.4 Å². The molecule has 55 heavy (non-hydrogen) atoms. The lowest BCUT2D eigenvalue weighted by atomic mass is 10.0. The van der Waals surface area contributed by atoms with Gasteiger partial charge in [-0.15, -0.1) is 0 Å². The minimum atomic E-state index is -0.620. The van der Waals surface area contributed by atoms with Gasteiger partial charge in [-0.3, -0.25) is 18.7 Å². The van der Waals surface area contributed by atoms with E-state index >= 15 is 0 Å². The Balaban J connectivity index is 1.18. The molecule has 0 N–H and O–H groups in total. The third-order valence-corrected chi connectivity index (χ3v) is 10.5. The summed E-state index contributed by atoms with van der Waals surface area (Å²) in [6.07, 6.45) is 0. The molecule has 0 radical (unpaired) electrons. The fraction of sp³-hybridized carbons (Fsp3) is 0. The standard InChI is InChI=1S/C50H33N3O2/c54-49-50(55)53(42-28-22-37(23-29-42)35-14-6-2-7-15-35)48-33-39(25-31-47(48)52(49)41-26-20-36(21-27-41)34-12-4-1-5-13-34)38-24-30-46-44(32-38)43-18-10-11-19-45(43)51(46)40-16-8-3-9-17-40/h1-33H. The Morgan fingerprint density at radius 2 is 0.655 bits per heavy atom. The minimum Gasteiger partial charge on any atom is -0.309 e. The molecule has 10 rings (SSSR count). The van der Waals surface area contributed by atoms with Gasteiger partial charge in [0.15, 0.2) is 0 Å². The van der Waals surface area contributed by atoms with Crippen molar-refractivity contribution < 1.29 is 0 Å². The number of benzene rings is 8. The summed E-state index contributed by atoms with van der Waals surface area (Å²) >= 11 is 0. The maximum Gasteiger partial charge on any atom is 0.321 e. The summed E-state index contributed by atoms with van der Waals surface area (Å²) in [5, 5.41) is 2.29. The molecule has 0 saturated heterocycles. The molecule has 0 aliphatic rings. The normalized spacial score (nSPS) is 11.4. The third-order valence-electron chi connectivity index (χ3n) is 10.5. The summed E-state index contributed by atoms with van der Waals surface area (Å²) in [4.78, 5) is 28.5. The van der Waals surface area contributed by atoms with Gasteiger partial charge in [0, 0.05) is 27.8 Å². The highest BCUT2D eigenvalue weighted by molar-refractivity contribution is 6.10. The maximum absolute atomic E-state index is 14.4. The van der Waals surface area contributed by atoms with Crippen molar-refractivity contribution in [2.75, 3.05) is 0 Å². The summed E-state index contributed by atoms with van der Waals surface area (Å²) in [6, 6.07) is 67.3. The number of nitrogens with zero attached hydrogens (tertiary/aromatic N) is 3. The third kappa shape index (κ3) is 5.49. The van der Waals surface area contributed by atoms with E-state index in [1.54, 1.807) is 9.13 Å². The quantitative estimate of drug-likeness (QED) is 0.162. The largest absolute Gasteiger partial charge is 0.321 e. The molecule has 0 fully saturated rings. The van der Waals surface area contributed by atoms with E-state index in [9.17, 15) is 9.59 Å². The van der Waals surface area contributed by atoms with Crippen LogP contribution in [0.25, 0.3) is 83.3 Å². The molecule has 10 aromatic rings. The zero-order valence-electron chi connectivity index (χ0n) is 29.7. The molecule has 0 aliphatic carbocycles. The molecule has 5 nitrogen and oxygen atoms in total. The van der Waals surface area contributed by atoms with Gasteiger partial charge in [-0.25, -0.2) is 0 Å². The smallest absolute Gasteiger partial charge is 0.309 e. The Hall–Kier alpha value is -7.50. The molecule has 0 saturated carbocycles. The fourth-order valence-electron chi connectivity index (χ4n) is 7.87. The van der Waals surface area contributed by atoms with E-state index in [-0.39, 0.29) is 0 Å². The molecule has 0 amide bonds. The van der Waals surface area contributed by atoms with E-state index in [1.807, 2.05) is 109 Å². The van der Waals surface area contributed by atoms with Crippen LogP contribution in [0.1, 0.15) is 0 Å². The van der Waals surface area contributed by atoms with Gasteiger partial charge in [0.25, 0.3) is 0 Å². The Morgan fingerprint density at radius 1 is 0.255 bits per heavy atom. The molecule has 0 aliphatic heterocycles. The highest BCUT2D eigenvalue weighted by Crippen LogP contribution is 2.36. The molecular weight excluding hydrogens is 675 g/mol. The topological polar surface area (TPSA) is 48.9 Å². The zero-order chi connectivity index (χ0) is 36.9.